The zero-order valence-electron chi connectivity index (χ0n) is 7.45. The van der Waals surface area contributed by atoms with Gasteiger partial charge in [-0.05, 0) is 73.0 Å². The van der Waals surface area contributed by atoms with Gasteiger partial charge in [0.25, 0.3) is 0 Å². The zero-order chi connectivity index (χ0) is 7.45. The molecule has 0 spiro atoms. The van der Waals surface area contributed by atoms with Crippen LogP contribution in [0.3, 0.4) is 0 Å². The largest absolute Gasteiger partial charge is 0.0473 e. The Kier molecular flexibility index (Phi) is 0.663. The molecule has 0 heterocycles. The summed E-state index contributed by atoms with van der Waals surface area (Å²) in [4.78, 5) is 0. The second kappa shape index (κ2) is 1.40. The highest BCUT2D eigenvalue weighted by atomic mass is 14.8. The summed E-state index contributed by atoms with van der Waals surface area (Å²) in [6, 6.07) is 0. The first-order valence-corrected chi connectivity index (χ1v) is 5.93. The highest BCUT2D eigenvalue weighted by Gasteiger charge is 2.74. The number of hydrogen-bond acceptors (Lipinski definition) is 0. The van der Waals surface area contributed by atoms with Gasteiger partial charge in [0.05, 0.1) is 0 Å². The molecule has 0 heteroatoms. The van der Waals surface area contributed by atoms with E-state index in [-0.39, 0.29) is 0 Å². The van der Waals surface area contributed by atoms with Gasteiger partial charge in [-0.3, -0.25) is 0 Å². The van der Waals surface area contributed by atoms with Crippen molar-refractivity contribution in [1.29, 1.82) is 0 Å². The third kappa shape index (κ3) is 0.352. The standard InChI is InChI=1S/C12H16/c1-5-2-7-8(3-5)12-10-6(1)4-9(10)11(7)12/h5-12H,1-4H2. The Morgan fingerprint density at radius 1 is 0.583 bits per heavy atom. The van der Waals surface area contributed by atoms with Gasteiger partial charge in [0.1, 0.15) is 0 Å². The van der Waals surface area contributed by atoms with E-state index in [0.717, 1.165) is 0 Å². The molecule has 0 radical (unpaired) electrons. The molecule has 0 amide bonds. The van der Waals surface area contributed by atoms with Crippen LogP contribution >= 0.6 is 0 Å². The minimum atomic E-state index is 1.20. The maximum absolute atomic E-state index is 1.66. The molecule has 5 aliphatic rings. The van der Waals surface area contributed by atoms with Crippen molar-refractivity contribution in [3.05, 3.63) is 0 Å². The Morgan fingerprint density at radius 2 is 1.42 bits per heavy atom. The summed E-state index contributed by atoms with van der Waals surface area (Å²) in [6.07, 6.45) is 6.63. The van der Waals surface area contributed by atoms with Crippen LogP contribution in [-0.4, -0.2) is 0 Å². The summed E-state index contributed by atoms with van der Waals surface area (Å²) in [5.41, 5.74) is 0. The first kappa shape index (κ1) is 5.67. The molecule has 2 bridgehead atoms. The van der Waals surface area contributed by atoms with Crippen LogP contribution in [0.15, 0.2) is 0 Å². The lowest BCUT2D eigenvalue weighted by Crippen LogP contribution is -2.70. The fourth-order valence-corrected chi connectivity index (χ4v) is 6.23. The van der Waals surface area contributed by atoms with Crippen LogP contribution in [0, 0.1) is 47.3 Å². The first-order valence-electron chi connectivity index (χ1n) is 5.93. The van der Waals surface area contributed by atoms with E-state index < -0.39 is 0 Å². The van der Waals surface area contributed by atoms with Gasteiger partial charge in [-0.25, -0.2) is 0 Å². The van der Waals surface area contributed by atoms with Crippen LogP contribution in [-0.2, 0) is 0 Å². The van der Waals surface area contributed by atoms with Gasteiger partial charge in [0.15, 0.2) is 0 Å². The lowest BCUT2D eigenvalue weighted by Gasteiger charge is -2.75. The average molecular weight is 160 g/mol. The maximum Gasteiger partial charge on any atom is -0.0315 e. The highest BCUT2D eigenvalue weighted by Crippen LogP contribution is 2.80. The van der Waals surface area contributed by atoms with Crippen LogP contribution < -0.4 is 0 Å². The molecule has 12 heavy (non-hydrogen) atoms. The van der Waals surface area contributed by atoms with Crippen LogP contribution in [0.1, 0.15) is 25.7 Å². The molecule has 8 atom stereocenters. The van der Waals surface area contributed by atoms with Gasteiger partial charge in [0.2, 0.25) is 0 Å². The van der Waals surface area contributed by atoms with Crippen LogP contribution in [0.4, 0.5) is 0 Å². The van der Waals surface area contributed by atoms with Gasteiger partial charge < -0.3 is 0 Å². The fraction of sp³-hybridized carbons (Fsp3) is 1.00. The molecule has 5 fully saturated rings. The van der Waals surface area contributed by atoms with E-state index in [0.29, 0.717) is 0 Å². The first-order chi connectivity index (χ1) is 5.93. The smallest absolute Gasteiger partial charge is 0.0315 e. The summed E-state index contributed by atoms with van der Waals surface area (Å²) < 4.78 is 0. The second-order valence-corrected chi connectivity index (χ2v) is 6.29. The highest BCUT2D eigenvalue weighted by molar-refractivity contribution is 5.22. The molecular formula is C12H16. The number of rotatable bonds is 0. The van der Waals surface area contributed by atoms with E-state index in [1.807, 2.05) is 0 Å². The maximum atomic E-state index is 1.66. The van der Waals surface area contributed by atoms with Crippen molar-refractivity contribution in [1.82, 2.24) is 0 Å². The Hall–Kier alpha value is 0. The summed E-state index contributed by atoms with van der Waals surface area (Å²) in [5.74, 6) is 10.0. The summed E-state index contributed by atoms with van der Waals surface area (Å²) in [5, 5.41) is 0. The Labute approximate surface area is 73.7 Å². The molecule has 0 N–H and O–H groups in total. The normalized spacial score (nSPS) is 80.0. The van der Waals surface area contributed by atoms with E-state index in [1.54, 1.807) is 25.7 Å². The monoisotopic (exact) mass is 160 g/mol. The third-order valence-corrected chi connectivity index (χ3v) is 6.38. The molecule has 5 rings (SSSR count). The molecule has 5 aliphatic carbocycles. The van der Waals surface area contributed by atoms with Gasteiger partial charge in [0, 0.05) is 0 Å². The Bertz CT molecular complexity index is 250. The van der Waals surface area contributed by atoms with Crippen molar-refractivity contribution in [2.75, 3.05) is 0 Å². The molecule has 0 saturated heterocycles. The topological polar surface area (TPSA) is 0 Å². The third-order valence-electron chi connectivity index (χ3n) is 6.38. The lowest BCUT2D eigenvalue weighted by molar-refractivity contribution is -0.271. The summed E-state index contributed by atoms with van der Waals surface area (Å²) >= 11 is 0. The van der Waals surface area contributed by atoms with E-state index in [9.17, 15) is 0 Å². The van der Waals surface area contributed by atoms with Gasteiger partial charge in [-0.1, -0.05) is 0 Å². The number of fused-ring (bicyclic) bond motifs is 3. The number of hydrogen-bond donors (Lipinski definition) is 0. The second-order valence-electron chi connectivity index (χ2n) is 6.29. The Morgan fingerprint density at radius 3 is 2.33 bits per heavy atom. The van der Waals surface area contributed by atoms with Crippen LogP contribution in [0.2, 0.25) is 0 Å². The van der Waals surface area contributed by atoms with Gasteiger partial charge in [-0.15, -0.1) is 0 Å². The predicted octanol–water partition coefficient (Wildman–Crippen LogP) is 2.54. The predicted molar refractivity (Wildman–Crippen MR) is 46.4 cm³/mol. The van der Waals surface area contributed by atoms with Crippen molar-refractivity contribution in [3.63, 3.8) is 0 Å². The van der Waals surface area contributed by atoms with E-state index in [2.05, 4.69) is 0 Å². The molecule has 0 aromatic rings. The Balaban J connectivity index is 1.71. The lowest BCUT2D eigenvalue weighted by atomic mass is 9.30. The summed E-state index contributed by atoms with van der Waals surface area (Å²) in [7, 11) is 0. The van der Waals surface area contributed by atoms with Crippen molar-refractivity contribution in [2.24, 2.45) is 47.3 Å². The van der Waals surface area contributed by atoms with Crippen molar-refractivity contribution in [2.45, 2.75) is 25.7 Å². The molecule has 0 nitrogen and oxygen atoms in total. The van der Waals surface area contributed by atoms with Crippen molar-refractivity contribution < 1.29 is 0 Å². The quantitative estimate of drug-likeness (QED) is 0.511. The molecule has 64 valence electrons. The van der Waals surface area contributed by atoms with Gasteiger partial charge in [-0.2, -0.15) is 0 Å². The zero-order valence-corrected chi connectivity index (χ0v) is 7.45. The fourth-order valence-electron chi connectivity index (χ4n) is 6.23. The van der Waals surface area contributed by atoms with E-state index in [4.69, 9.17) is 0 Å². The molecule has 8 unspecified atom stereocenters. The molecule has 0 aromatic carbocycles. The SMILES string of the molecule is C1C2CC3C(C2)C2C4C1CC4C32. The van der Waals surface area contributed by atoms with E-state index >= 15 is 0 Å². The minimum absolute atomic E-state index is 1.20. The molecule has 0 aliphatic heterocycles. The average Bonchev–Trinajstić information content (AvgIpc) is 2.34. The van der Waals surface area contributed by atoms with Crippen LogP contribution in [0.5, 0.6) is 0 Å². The molecule has 0 aromatic heterocycles. The van der Waals surface area contributed by atoms with Crippen LogP contribution in [0.25, 0.3) is 0 Å². The minimum Gasteiger partial charge on any atom is -0.0473 e. The van der Waals surface area contributed by atoms with E-state index in [1.165, 1.54) is 47.3 Å². The molecular weight excluding hydrogens is 144 g/mol. The van der Waals surface area contributed by atoms with Gasteiger partial charge >= 0.3 is 0 Å². The van der Waals surface area contributed by atoms with Crippen molar-refractivity contribution >= 4 is 0 Å². The molecule has 5 saturated carbocycles. The summed E-state index contributed by atoms with van der Waals surface area (Å²) in [6.45, 7) is 0. The van der Waals surface area contributed by atoms with Crippen molar-refractivity contribution in [3.8, 4) is 0 Å².